The fraction of sp³-hybridized carbons (Fsp3) is 0.500. The van der Waals surface area contributed by atoms with Crippen molar-refractivity contribution in [2.24, 2.45) is 0 Å². The van der Waals surface area contributed by atoms with Gasteiger partial charge in [0.1, 0.15) is 5.82 Å². The number of amides is 1. The number of hydrogen-bond donors (Lipinski definition) is 2. The molecular formula is C14H19BFNO3. The lowest BCUT2D eigenvalue weighted by molar-refractivity contribution is 0.0691. The molecule has 0 unspecified atom stereocenters. The minimum absolute atomic E-state index is 0.108. The average Bonchev–Trinajstić information content (AvgIpc) is 2.47. The fourth-order valence-corrected chi connectivity index (χ4v) is 2.69. The molecule has 1 aromatic carbocycles. The Morgan fingerprint density at radius 3 is 2.55 bits per heavy atom. The molecule has 1 aliphatic carbocycles. The van der Waals surface area contributed by atoms with E-state index < -0.39 is 18.8 Å². The summed E-state index contributed by atoms with van der Waals surface area (Å²) in [5.41, 5.74) is 0.00969. The van der Waals surface area contributed by atoms with Crippen molar-refractivity contribution in [3.05, 3.63) is 29.6 Å². The zero-order valence-electron chi connectivity index (χ0n) is 11.6. The van der Waals surface area contributed by atoms with Crippen molar-refractivity contribution in [2.45, 2.75) is 38.1 Å². The molecule has 2 rings (SSSR count). The van der Waals surface area contributed by atoms with Gasteiger partial charge in [-0.05, 0) is 30.4 Å². The molecule has 1 amide bonds. The van der Waals surface area contributed by atoms with Gasteiger partial charge in [-0.2, -0.15) is 0 Å². The topological polar surface area (TPSA) is 60.8 Å². The summed E-state index contributed by atoms with van der Waals surface area (Å²) >= 11 is 0. The van der Waals surface area contributed by atoms with E-state index in [9.17, 15) is 9.18 Å². The van der Waals surface area contributed by atoms with Gasteiger partial charge in [0.2, 0.25) is 0 Å². The summed E-state index contributed by atoms with van der Waals surface area (Å²) < 4.78 is 13.8. The molecule has 0 bridgehead atoms. The summed E-state index contributed by atoms with van der Waals surface area (Å²) in [7, 11) is -0.0260. The standard InChI is InChI=1S/C14H19BFNO3/c1-17(11-5-3-2-4-6-11)14(18)12-9-10(15(19)20)7-8-13(12)16/h7-9,11,19-20H,2-6H2,1H3. The number of halogens is 1. The van der Waals surface area contributed by atoms with E-state index in [0.29, 0.717) is 0 Å². The van der Waals surface area contributed by atoms with E-state index in [2.05, 4.69) is 0 Å². The van der Waals surface area contributed by atoms with Gasteiger partial charge in [0, 0.05) is 13.1 Å². The van der Waals surface area contributed by atoms with Gasteiger partial charge >= 0.3 is 7.12 Å². The number of rotatable bonds is 3. The molecule has 0 atom stereocenters. The molecule has 1 saturated carbocycles. The molecule has 20 heavy (non-hydrogen) atoms. The Morgan fingerprint density at radius 1 is 1.30 bits per heavy atom. The third-order valence-corrected chi connectivity index (χ3v) is 3.96. The second kappa shape index (κ2) is 6.37. The zero-order valence-corrected chi connectivity index (χ0v) is 11.6. The first kappa shape index (κ1) is 15.0. The summed E-state index contributed by atoms with van der Waals surface area (Å²) in [4.78, 5) is 13.9. The Labute approximate surface area is 118 Å². The molecule has 1 aliphatic rings. The van der Waals surface area contributed by atoms with Crippen LogP contribution in [0.3, 0.4) is 0 Å². The van der Waals surface area contributed by atoms with Gasteiger partial charge in [-0.1, -0.05) is 25.3 Å². The van der Waals surface area contributed by atoms with Gasteiger partial charge < -0.3 is 14.9 Å². The second-order valence-corrected chi connectivity index (χ2v) is 5.32. The van der Waals surface area contributed by atoms with E-state index in [-0.39, 0.29) is 17.1 Å². The van der Waals surface area contributed by atoms with Gasteiger partial charge in [-0.3, -0.25) is 4.79 Å². The molecule has 108 valence electrons. The lowest BCUT2D eigenvalue weighted by Gasteiger charge is -2.31. The minimum Gasteiger partial charge on any atom is -0.423 e. The van der Waals surface area contributed by atoms with E-state index in [1.165, 1.54) is 18.6 Å². The second-order valence-electron chi connectivity index (χ2n) is 5.32. The predicted molar refractivity (Wildman–Crippen MR) is 75.2 cm³/mol. The molecule has 4 nitrogen and oxygen atoms in total. The number of benzene rings is 1. The normalized spacial score (nSPS) is 16.0. The van der Waals surface area contributed by atoms with Crippen molar-refractivity contribution in [3.8, 4) is 0 Å². The highest BCUT2D eigenvalue weighted by atomic mass is 19.1. The van der Waals surface area contributed by atoms with E-state index in [1.54, 1.807) is 11.9 Å². The first-order chi connectivity index (χ1) is 9.50. The molecule has 0 spiro atoms. The summed E-state index contributed by atoms with van der Waals surface area (Å²) in [5.74, 6) is -1.04. The van der Waals surface area contributed by atoms with Crippen LogP contribution >= 0.6 is 0 Å². The summed E-state index contributed by atoms with van der Waals surface area (Å²) in [6.45, 7) is 0. The molecule has 2 N–H and O–H groups in total. The quantitative estimate of drug-likeness (QED) is 0.808. The van der Waals surface area contributed by atoms with Crippen molar-refractivity contribution in [1.82, 2.24) is 4.90 Å². The van der Waals surface area contributed by atoms with Crippen molar-refractivity contribution in [2.75, 3.05) is 7.05 Å². The first-order valence-corrected chi connectivity index (χ1v) is 6.93. The van der Waals surface area contributed by atoms with Crippen molar-refractivity contribution in [1.29, 1.82) is 0 Å². The molecule has 1 fully saturated rings. The summed E-state index contributed by atoms with van der Waals surface area (Å²) in [6, 6.07) is 3.70. The third-order valence-electron chi connectivity index (χ3n) is 3.96. The Kier molecular flexibility index (Phi) is 4.78. The number of carbonyl (C=O) groups is 1. The monoisotopic (exact) mass is 279 g/mol. The van der Waals surface area contributed by atoms with Gasteiger partial charge in [-0.25, -0.2) is 4.39 Å². The van der Waals surface area contributed by atoms with Crippen LogP contribution in [0.2, 0.25) is 0 Å². The largest absolute Gasteiger partial charge is 0.488 e. The molecule has 0 radical (unpaired) electrons. The van der Waals surface area contributed by atoms with Crippen molar-refractivity contribution in [3.63, 3.8) is 0 Å². The van der Waals surface area contributed by atoms with Crippen LogP contribution in [0.15, 0.2) is 18.2 Å². The highest BCUT2D eigenvalue weighted by molar-refractivity contribution is 6.58. The maximum Gasteiger partial charge on any atom is 0.488 e. The first-order valence-electron chi connectivity index (χ1n) is 6.93. The molecule has 0 aliphatic heterocycles. The third kappa shape index (κ3) is 3.19. The van der Waals surface area contributed by atoms with Gasteiger partial charge in [0.25, 0.3) is 5.91 Å². The number of carbonyl (C=O) groups excluding carboxylic acids is 1. The molecule has 6 heteroatoms. The molecule has 0 saturated heterocycles. The molecular weight excluding hydrogens is 260 g/mol. The maximum atomic E-state index is 13.8. The Morgan fingerprint density at radius 2 is 1.95 bits per heavy atom. The van der Waals surface area contributed by atoms with Gasteiger partial charge in [0.05, 0.1) is 5.56 Å². The average molecular weight is 279 g/mol. The van der Waals surface area contributed by atoms with Gasteiger partial charge in [0.15, 0.2) is 0 Å². The van der Waals surface area contributed by atoms with Crippen LogP contribution in [-0.4, -0.2) is 41.1 Å². The van der Waals surface area contributed by atoms with Crippen LogP contribution in [0.25, 0.3) is 0 Å². The van der Waals surface area contributed by atoms with E-state index >= 15 is 0 Å². The SMILES string of the molecule is CN(C(=O)c1cc(B(O)O)ccc1F)C1CCCCC1. The zero-order chi connectivity index (χ0) is 14.7. The number of nitrogens with zero attached hydrogens (tertiary/aromatic N) is 1. The highest BCUT2D eigenvalue weighted by Gasteiger charge is 2.26. The fourth-order valence-electron chi connectivity index (χ4n) is 2.69. The van der Waals surface area contributed by atoms with Crippen LogP contribution in [0.4, 0.5) is 4.39 Å². The van der Waals surface area contributed by atoms with Gasteiger partial charge in [-0.15, -0.1) is 0 Å². The van der Waals surface area contributed by atoms with Crippen LogP contribution < -0.4 is 5.46 Å². The van der Waals surface area contributed by atoms with Crippen LogP contribution in [-0.2, 0) is 0 Å². The maximum absolute atomic E-state index is 13.8. The molecule has 0 aromatic heterocycles. The predicted octanol–water partition coefficient (Wildman–Crippen LogP) is 0.910. The molecule has 1 aromatic rings. The highest BCUT2D eigenvalue weighted by Crippen LogP contribution is 2.23. The van der Waals surface area contributed by atoms with Crippen LogP contribution in [0.1, 0.15) is 42.5 Å². The van der Waals surface area contributed by atoms with Crippen molar-refractivity contribution < 1.29 is 19.2 Å². The van der Waals surface area contributed by atoms with E-state index in [1.807, 2.05) is 0 Å². The number of hydrogen-bond acceptors (Lipinski definition) is 3. The Bertz CT molecular complexity index is 489. The van der Waals surface area contributed by atoms with Crippen molar-refractivity contribution >= 4 is 18.5 Å². The summed E-state index contributed by atoms with van der Waals surface area (Å²) in [5, 5.41) is 18.2. The lowest BCUT2D eigenvalue weighted by atomic mass is 9.79. The smallest absolute Gasteiger partial charge is 0.423 e. The minimum atomic E-state index is -1.71. The lowest BCUT2D eigenvalue weighted by Crippen LogP contribution is -2.39. The molecule has 0 heterocycles. The summed E-state index contributed by atoms with van der Waals surface area (Å²) in [6.07, 6.45) is 5.22. The van der Waals surface area contributed by atoms with E-state index in [0.717, 1.165) is 31.7 Å². The van der Waals surface area contributed by atoms with Crippen LogP contribution in [0, 0.1) is 5.82 Å². The van der Waals surface area contributed by atoms with E-state index in [4.69, 9.17) is 10.0 Å². The Hall–Kier alpha value is -1.40. The Balaban J connectivity index is 2.21. The van der Waals surface area contributed by atoms with Crippen LogP contribution in [0.5, 0.6) is 0 Å².